The van der Waals surface area contributed by atoms with E-state index in [4.69, 9.17) is 5.73 Å². The molecule has 6 heteroatoms. The van der Waals surface area contributed by atoms with Crippen LogP contribution in [0.4, 0.5) is 5.69 Å². The van der Waals surface area contributed by atoms with E-state index in [2.05, 4.69) is 27.3 Å². The zero-order chi connectivity index (χ0) is 14.4. The normalized spacial score (nSPS) is 12.7. The van der Waals surface area contributed by atoms with Gasteiger partial charge in [-0.25, -0.2) is 0 Å². The number of aryl methyl sites for hydroxylation is 1. The predicted octanol–water partition coefficient (Wildman–Crippen LogP) is 1.01. The van der Waals surface area contributed by atoms with Crippen molar-refractivity contribution in [3.63, 3.8) is 0 Å². The van der Waals surface area contributed by atoms with Gasteiger partial charge in [0.1, 0.15) is 0 Å². The molecule has 0 saturated heterocycles. The Morgan fingerprint density at radius 2 is 2.21 bits per heavy atom. The van der Waals surface area contributed by atoms with Gasteiger partial charge in [0.25, 0.3) is 5.91 Å². The second-order valence-electron chi connectivity index (χ2n) is 5.18. The van der Waals surface area contributed by atoms with E-state index in [-0.39, 0.29) is 11.9 Å². The van der Waals surface area contributed by atoms with Crippen LogP contribution in [0.5, 0.6) is 0 Å². The van der Waals surface area contributed by atoms with Gasteiger partial charge >= 0.3 is 0 Å². The number of amides is 1. The molecule has 1 atom stereocenters. The molecule has 1 unspecified atom stereocenters. The van der Waals surface area contributed by atoms with E-state index in [9.17, 15) is 4.79 Å². The lowest BCUT2D eigenvalue weighted by molar-refractivity contribution is 0.0932. The number of nitrogens with zero attached hydrogens (tertiary/aromatic N) is 2. The lowest BCUT2D eigenvalue weighted by Gasteiger charge is -2.16. The third-order valence-electron chi connectivity index (χ3n) is 2.98. The van der Waals surface area contributed by atoms with Gasteiger partial charge in [0.2, 0.25) is 0 Å². The van der Waals surface area contributed by atoms with E-state index < -0.39 is 0 Å². The minimum Gasteiger partial charge on any atom is -0.395 e. The van der Waals surface area contributed by atoms with Crippen LogP contribution in [0.25, 0.3) is 0 Å². The highest BCUT2D eigenvalue weighted by molar-refractivity contribution is 5.97. The molecule has 6 nitrogen and oxygen atoms in total. The molecule has 0 saturated carbocycles. The molecule has 1 heterocycles. The molecule has 108 valence electrons. The van der Waals surface area contributed by atoms with Gasteiger partial charge in [-0.15, -0.1) is 0 Å². The Morgan fingerprint density at radius 1 is 1.53 bits per heavy atom. The van der Waals surface area contributed by atoms with Crippen LogP contribution in [0.3, 0.4) is 0 Å². The molecule has 0 spiro atoms. The van der Waals surface area contributed by atoms with E-state index in [0.717, 1.165) is 31.5 Å². The van der Waals surface area contributed by atoms with Crippen molar-refractivity contribution >= 4 is 11.6 Å². The summed E-state index contributed by atoms with van der Waals surface area (Å²) in [4.78, 5) is 14.1. The lowest BCUT2D eigenvalue weighted by atomic mass is 10.2. The zero-order valence-corrected chi connectivity index (χ0v) is 12.3. The summed E-state index contributed by atoms with van der Waals surface area (Å²) in [5.74, 6) is -0.206. The SMILES string of the molecule is CCCc1[nH]nc(C(=O)NC(C)CCN(C)C)c1N. The first kappa shape index (κ1) is 15.5. The van der Waals surface area contributed by atoms with Crippen molar-refractivity contribution in [3.8, 4) is 0 Å². The van der Waals surface area contributed by atoms with E-state index >= 15 is 0 Å². The van der Waals surface area contributed by atoms with E-state index in [1.54, 1.807) is 0 Å². The molecular weight excluding hydrogens is 242 g/mol. The van der Waals surface area contributed by atoms with Gasteiger partial charge in [-0.3, -0.25) is 9.89 Å². The highest BCUT2D eigenvalue weighted by Crippen LogP contribution is 2.15. The van der Waals surface area contributed by atoms with Crippen molar-refractivity contribution in [2.45, 2.75) is 39.2 Å². The summed E-state index contributed by atoms with van der Waals surface area (Å²) >= 11 is 0. The third-order valence-corrected chi connectivity index (χ3v) is 2.98. The molecular formula is C13H25N5O. The maximum atomic E-state index is 12.1. The third kappa shape index (κ3) is 4.55. The maximum absolute atomic E-state index is 12.1. The van der Waals surface area contributed by atoms with Gasteiger partial charge in [0.15, 0.2) is 5.69 Å². The molecule has 0 aliphatic rings. The van der Waals surface area contributed by atoms with Crippen LogP contribution >= 0.6 is 0 Å². The smallest absolute Gasteiger partial charge is 0.274 e. The van der Waals surface area contributed by atoms with Crippen LogP contribution in [0.2, 0.25) is 0 Å². The molecule has 0 aliphatic carbocycles. The lowest BCUT2D eigenvalue weighted by Crippen LogP contribution is -2.35. The minimum absolute atomic E-state index is 0.0978. The Morgan fingerprint density at radius 3 is 2.79 bits per heavy atom. The first-order chi connectivity index (χ1) is 8.95. The molecule has 1 aromatic rings. The van der Waals surface area contributed by atoms with Crippen LogP contribution in [0.15, 0.2) is 0 Å². The predicted molar refractivity (Wildman–Crippen MR) is 77.1 cm³/mol. The number of nitrogens with two attached hydrogens (primary N) is 1. The van der Waals surface area contributed by atoms with Gasteiger partial charge in [0.05, 0.1) is 11.4 Å². The first-order valence-corrected chi connectivity index (χ1v) is 6.74. The Hall–Kier alpha value is -1.56. The molecule has 0 aromatic carbocycles. The number of rotatable bonds is 7. The second-order valence-corrected chi connectivity index (χ2v) is 5.18. The highest BCUT2D eigenvalue weighted by atomic mass is 16.2. The fourth-order valence-corrected chi connectivity index (χ4v) is 1.82. The van der Waals surface area contributed by atoms with Crippen molar-refractivity contribution < 1.29 is 4.79 Å². The summed E-state index contributed by atoms with van der Waals surface area (Å²) in [5.41, 5.74) is 7.54. The number of nitrogens with one attached hydrogen (secondary N) is 2. The Bertz CT molecular complexity index is 413. The zero-order valence-electron chi connectivity index (χ0n) is 12.3. The van der Waals surface area contributed by atoms with Gasteiger partial charge in [-0.2, -0.15) is 5.10 Å². The monoisotopic (exact) mass is 267 g/mol. The summed E-state index contributed by atoms with van der Waals surface area (Å²) in [6, 6.07) is 0.0978. The summed E-state index contributed by atoms with van der Waals surface area (Å²) in [5, 5.41) is 9.77. The molecule has 0 aliphatic heterocycles. The van der Waals surface area contributed by atoms with Crippen LogP contribution in [0.1, 0.15) is 42.9 Å². The van der Waals surface area contributed by atoms with Crippen LogP contribution < -0.4 is 11.1 Å². The standard InChI is InChI=1S/C13H25N5O/c1-5-6-10-11(14)12(17-16-10)13(19)15-9(2)7-8-18(3)4/h9H,5-8,14H2,1-4H3,(H,15,19)(H,16,17). The van der Waals surface area contributed by atoms with Gasteiger partial charge < -0.3 is 16.0 Å². The van der Waals surface area contributed by atoms with E-state index in [1.807, 2.05) is 21.0 Å². The number of carbonyl (C=O) groups is 1. The van der Waals surface area contributed by atoms with Crippen molar-refractivity contribution in [2.24, 2.45) is 0 Å². The molecule has 0 fully saturated rings. The topological polar surface area (TPSA) is 87.0 Å². The summed E-state index contributed by atoms with van der Waals surface area (Å²) in [6.07, 6.45) is 2.67. The van der Waals surface area contributed by atoms with Crippen LogP contribution in [-0.4, -0.2) is 47.7 Å². The minimum atomic E-state index is -0.206. The van der Waals surface area contributed by atoms with Crippen molar-refractivity contribution in [2.75, 3.05) is 26.4 Å². The van der Waals surface area contributed by atoms with Crippen molar-refractivity contribution in [1.29, 1.82) is 0 Å². The van der Waals surface area contributed by atoms with Crippen LogP contribution in [-0.2, 0) is 6.42 Å². The number of hydrogen-bond acceptors (Lipinski definition) is 4. The molecule has 19 heavy (non-hydrogen) atoms. The fraction of sp³-hybridized carbons (Fsp3) is 0.692. The Balaban J connectivity index is 2.58. The quantitative estimate of drug-likeness (QED) is 0.688. The van der Waals surface area contributed by atoms with Gasteiger partial charge in [0, 0.05) is 6.04 Å². The Labute approximate surface area is 114 Å². The van der Waals surface area contributed by atoms with Crippen LogP contribution in [0, 0.1) is 0 Å². The number of aromatic amines is 1. The fourth-order valence-electron chi connectivity index (χ4n) is 1.82. The number of aromatic nitrogens is 2. The second kappa shape index (κ2) is 7.13. The number of H-pyrrole nitrogens is 1. The average molecular weight is 267 g/mol. The van der Waals surface area contributed by atoms with E-state index in [0.29, 0.717) is 11.4 Å². The molecule has 4 N–H and O–H groups in total. The molecule has 1 rings (SSSR count). The number of nitrogen functional groups attached to an aromatic ring is 1. The summed E-state index contributed by atoms with van der Waals surface area (Å²) in [7, 11) is 4.02. The Kier molecular flexibility index (Phi) is 5.82. The van der Waals surface area contributed by atoms with Crippen molar-refractivity contribution in [1.82, 2.24) is 20.4 Å². The summed E-state index contributed by atoms with van der Waals surface area (Å²) in [6.45, 7) is 4.97. The average Bonchev–Trinajstić information content (AvgIpc) is 2.69. The highest BCUT2D eigenvalue weighted by Gasteiger charge is 2.18. The van der Waals surface area contributed by atoms with Crippen molar-refractivity contribution in [3.05, 3.63) is 11.4 Å². The first-order valence-electron chi connectivity index (χ1n) is 6.74. The molecule has 1 aromatic heterocycles. The molecule has 0 bridgehead atoms. The van der Waals surface area contributed by atoms with Gasteiger partial charge in [-0.05, 0) is 40.4 Å². The van der Waals surface area contributed by atoms with Gasteiger partial charge in [-0.1, -0.05) is 13.3 Å². The molecule has 1 amide bonds. The maximum Gasteiger partial charge on any atom is 0.274 e. The summed E-state index contributed by atoms with van der Waals surface area (Å²) < 4.78 is 0. The number of hydrogen-bond donors (Lipinski definition) is 3. The van der Waals surface area contributed by atoms with E-state index in [1.165, 1.54) is 0 Å². The largest absolute Gasteiger partial charge is 0.395 e. The number of anilines is 1. The number of carbonyl (C=O) groups excluding carboxylic acids is 1. The molecule has 0 radical (unpaired) electrons.